The van der Waals surface area contributed by atoms with Crippen LogP contribution >= 0.6 is 27.7 Å². The van der Waals surface area contributed by atoms with Crippen molar-refractivity contribution in [3.63, 3.8) is 0 Å². The number of hydrogen-bond donors (Lipinski definition) is 1. The quantitative estimate of drug-likeness (QED) is 0.178. The molecule has 13 heteroatoms. The van der Waals surface area contributed by atoms with Gasteiger partial charge in [-0.05, 0) is 82.7 Å². The van der Waals surface area contributed by atoms with Crippen molar-refractivity contribution in [1.82, 2.24) is 5.32 Å². The molecule has 3 aromatic carbocycles. The topological polar surface area (TPSA) is 103 Å². The Hall–Kier alpha value is -3.84. The molecule has 0 atom stereocenters. The largest absolute Gasteiger partial charge is 0.493 e. The fourth-order valence-electron chi connectivity index (χ4n) is 3.32. The zero-order valence-corrected chi connectivity index (χ0v) is 22.0. The van der Waals surface area contributed by atoms with Crippen LogP contribution in [0.3, 0.4) is 0 Å². The summed E-state index contributed by atoms with van der Waals surface area (Å²) in [6.45, 7) is 1.96. The zero-order chi connectivity index (χ0) is 27.6. The Morgan fingerprint density at radius 1 is 1.11 bits per heavy atom. The molecule has 0 unspecified atom stereocenters. The minimum absolute atomic E-state index is 0.00246. The highest BCUT2D eigenvalue weighted by Gasteiger charge is 2.34. The van der Waals surface area contributed by atoms with Crippen LogP contribution in [0.4, 0.5) is 24.5 Å². The molecule has 0 aliphatic carbocycles. The van der Waals surface area contributed by atoms with Crippen molar-refractivity contribution in [2.75, 3.05) is 7.11 Å². The highest BCUT2D eigenvalue weighted by atomic mass is 79.9. The van der Waals surface area contributed by atoms with Crippen LogP contribution in [-0.2, 0) is 11.0 Å². The number of nitro groups is 1. The lowest BCUT2D eigenvalue weighted by atomic mass is 10.1. The summed E-state index contributed by atoms with van der Waals surface area (Å²) in [6.07, 6.45) is -3.17. The molecular formula is C25H17BrF3N3O5S. The van der Waals surface area contributed by atoms with Gasteiger partial charge in [0.05, 0.1) is 32.7 Å². The number of thioether (sulfide) groups is 1. The molecule has 3 aromatic rings. The molecule has 0 saturated carbocycles. The number of benzene rings is 3. The van der Waals surface area contributed by atoms with Gasteiger partial charge in [0.1, 0.15) is 0 Å². The van der Waals surface area contributed by atoms with Crippen LogP contribution in [0.25, 0.3) is 6.08 Å². The molecule has 4 rings (SSSR count). The number of nitrogens with one attached hydrogen (secondary N) is 1. The highest BCUT2D eigenvalue weighted by molar-refractivity contribution is 9.10. The summed E-state index contributed by atoms with van der Waals surface area (Å²) in [5, 5.41) is 14.5. The third-order valence-corrected chi connectivity index (χ3v) is 6.66. The summed E-state index contributed by atoms with van der Waals surface area (Å²) < 4.78 is 50.3. The van der Waals surface area contributed by atoms with Crippen LogP contribution in [0.2, 0.25) is 0 Å². The molecule has 1 fully saturated rings. The van der Waals surface area contributed by atoms with E-state index in [0.717, 1.165) is 23.4 Å². The molecule has 0 bridgehead atoms. The molecule has 1 amide bonds. The first-order valence-electron chi connectivity index (χ1n) is 10.7. The maximum Gasteiger partial charge on any atom is 0.416 e. The third kappa shape index (κ3) is 6.17. The Kier molecular flexibility index (Phi) is 7.78. The molecule has 0 aromatic heterocycles. The number of hydrogen-bond acceptors (Lipinski definition) is 7. The average Bonchev–Trinajstić information content (AvgIpc) is 3.19. The highest BCUT2D eigenvalue weighted by Crippen LogP contribution is 2.44. The van der Waals surface area contributed by atoms with Crippen molar-refractivity contribution < 1.29 is 32.4 Å². The van der Waals surface area contributed by atoms with Gasteiger partial charge in [0.15, 0.2) is 16.7 Å². The number of nitro benzene ring substituents is 1. The van der Waals surface area contributed by atoms with Gasteiger partial charge in [-0.15, -0.1) is 0 Å². The van der Waals surface area contributed by atoms with Crippen LogP contribution in [0.5, 0.6) is 17.2 Å². The Balaban J connectivity index is 1.63. The van der Waals surface area contributed by atoms with Crippen molar-refractivity contribution in [2.45, 2.75) is 13.1 Å². The number of methoxy groups -OCH3 is 1. The number of halogens is 4. The van der Waals surface area contributed by atoms with E-state index < -0.39 is 28.1 Å². The number of amidine groups is 1. The molecule has 1 aliphatic rings. The number of aliphatic imine (C=N–C) groups is 1. The van der Waals surface area contributed by atoms with E-state index in [0.29, 0.717) is 33.5 Å². The third-order valence-electron chi connectivity index (χ3n) is 5.16. The number of amides is 1. The van der Waals surface area contributed by atoms with Crippen LogP contribution in [0.1, 0.15) is 16.7 Å². The monoisotopic (exact) mass is 607 g/mol. The van der Waals surface area contributed by atoms with Gasteiger partial charge >= 0.3 is 11.9 Å². The molecule has 196 valence electrons. The molecule has 1 N–H and O–H groups in total. The SMILES string of the molecule is COc1cc(/C=C2\SC(=Nc3ccc(C)cc3)NC2=O)cc(Br)c1Oc1ccc(C(F)(F)F)cc1[N+](=O)[O-]. The van der Waals surface area contributed by atoms with E-state index in [1.54, 1.807) is 12.1 Å². The molecule has 0 spiro atoms. The van der Waals surface area contributed by atoms with Crippen LogP contribution in [0, 0.1) is 17.0 Å². The van der Waals surface area contributed by atoms with Gasteiger partial charge in [0.2, 0.25) is 5.75 Å². The van der Waals surface area contributed by atoms with Crippen LogP contribution in [-0.4, -0.2) is 23.1 Å². The van der Waals surface area contributed by atoms with Crippen molar-refractivity contribution in [1.29, 1.82) is 0 Å². The number of alkyl halides is 3. The molecular weight excluding hydrogens is 591 g/mol. The Morgan fingerprint density at radius 2 is 1.82 bits per heavy atom. The van der Waals surface area contributed by atoms with E-state index in [9.17, 15) is 28.1 Å². The number of carbonyl (C=O) groups excluding carboxylic acids is 1. The fourth-order valence-corrected chi connectivity index (χ4v) is 4.71. The summed E-state index contributed by atoms with van der Waals surface area (Å²) in [4.78, 5) is 27.7. The lowest BCUT2D eigenvalue weighted by Gasteiger charge is -2.14. The molecule has 1 aliphatic heterocycles. The number of nitrogens with zero attached hydrogens (tertiary/aromatic N) is 2. The summed E-state index contributed by atoms with van der Waals surface area (Å²) in [5.41, 5.74) is 0.249. The van der Waals surface area contributed by atoms with Crippen LogP contribution in [0.15, 0.2) is 69.0 Å². The summed E-state index contributed by atoms with van der Waals surface area (Å²) >= 11 is 4.46. The van der Waals surface area contributed by atoms with E-state index in [4.69, 9.17) is 9.47 Å². The number of rotatable bonds is 6. The normalized spacial score (nSPS) is 15.6. The lowest BCUT2D eigenvalue weighted by Crippen LogP contribution is -2.19. The van der Waals surface area contributed by atoms with Gasteiger partial charge in [-0.25, -0.2) is 4.99 Å². The summed E-state index contributed by atoms with van der Waals surface area (Å²) in [6, 6.07) is 12.5. The average molecular weight is 608 g/mol. The maximum atomic E-state index is 13.0. The van der Waals surface area contributed by atoms with Crippen molar-refractivity contribution in [2.24, 2.45) is 4.99 Å². The first-order chi connectivity index (χ1) is 17.9. The van der Waals surface area contributed by atoms with Gasteiger partial charge in [-0.3, -0.25) is 14.9 Å². The molecule has 1 saturated heterocycles. The molecule has 38 heavy (non-hydrogen) atoms. The van der Waals surface area contributed by atoms with Crippen molar-refractivity contribution in [3.8, 4) is 17.2 Å². The second kappa shape index (κ2) is 10.9. The predicted octanol–water partition coefficient (Wildman–Crippen LogP) is 7.38. The Bertz CT molecular complexity index is 1490. The number of aryl methyl sites for hydroxylation is 1. The van der Waals surface area contributed by atoms with E-state index in [1.807, 2.05) is 31.2 Å². The van der Waals surface area contributed by atoms with Gasteiger partial charge in [0.25, 0.3) is 5.91 Å². The maximum absolute atomic E-state index is 13.0. The first-order valence-corrected chi connectivity index (χ1v) is 12.3. The lowest BCUT2D eigenvalue weighted by molar-refractivity contribution is -0.385. The van der Waals surface area contributed by atoms with E-state index in [2.05, 4.69) is 26.2 Å². The first kappa shape index (κ1) is 27.2. The molecule has 1 heterocycles. The van der Waals surface area contributed by atoms with E-state index in [1.165, 1.54) is 13.2 Å². The second-order valence-electron chi connectivity index (χ2n) is 7.89. The van der Waals surface area contributed by atoms with E-state index in [-0.39, 0.29) is 21.9 Å². The fraction of sp³-hybridized carbons (Fsp3) is 0.120. The van der Waals surface area contributed by atoms with Crippen molar-refractivity contribution >= 4 is 56.2 Å². The smallest absolute Gasteiger partial charge is 0.416 e. The van der Waals surface area contributed by atoms with E-state index >= 15 is 0 Å². The predicted molar refractivity (Wildman–Crippen MR) is 141 cm³/mol. The van der Waals surface area contributed by atoms with Gasteiger partial charge in [0, 0.05) is 6.07 Å². The number of carbonyl (C=O) groups is 1. The standard InChI is InChI=1S/C25H17BrF3N3O5S/c1-13-3-6-16(7-4-13)30-24-31-23(33)21(38-24)11-14-9-17(26)22(20(10-14)36-2)37-19-8-5-15(25(27,28)29)12-18(19)32(34)35/h3-12H,1-2H3,(H,30,31,33)/b21-11-. The van der Waals surface area contributed by atoms with Crippen LogP contribution < -0.4 is 14.8 Å². The zero-order valence-electron chi connectivity index (χ0n) is 19.6. The van der Waals surface area contributed by atoms with Gasteiger partial charge in [-0.1, -0.05) is 17.7 Å². The summed E-state index contributed by atoms with van der Waals surface area (Å²) in [7, 11) is 1.33. The summed E-state index contributed by atoms with van der Waals surface area (Å²) in [5.74, 6) is -0.632. The Morgan fingerprint density at radius 3 is 2.45 bits per heavy atom. The Labute approximate surface area is 226 Å². The number of ether oxygens (including phenoxy) is 2. The van der Waals surface area contributed by atoms with Crippen molar-refractivity contribution in [3.05, 3.63) is 90.8 Å². The second-order valence-corrected chi connectivity index (χ2v) is 9.78. The van der Waals surface area contributed by atoms with Gasteiger partial charge < -0.3 is 14.8 Å². The van der Waals surface area contributed by atoms with Gasteiger partial charge in [-0.2, -0.15) is 13.2 Å². The molecule has 8 nitrogen and oxygen atoms in total. The molecule has 0 radical (unpaired) electrons. The minimum atomic E-state index is -4.76. The minimum Gasteiger partial charge on any atom is -0.493 e.